The summed E-state index contributed by atoms with van der Waals surface area (Å²) in [6.07, 6.45) is 2.07. The Kier molecular flexibility index (Phi) is 6.32. The maximum atomic E-state index is 11.6. The monoisotopic (exact) mass is 402 g/mol. The minimum atomic E-state index is -3.37. The number of hydrogen-bond acceptors (Lipinski definition) is 5. The maximum absolute atomic E-state index is 11.6. The molecule has 2 rings (SSSR count). The highest BCUT2D eigenvalue weighted by Gasteiger charge is 2.14. The van der Waals surface area contributed by atoms with Gasteiger partial charge in [0.2, 0.25) is 0 Å². The lowest BCUT2D eigenvalue weighted by molar-refractivity contribution is -0.134. The number of carbonyl (C=O) groups is 1. The first-order chi connectivity index (χ1) is 11.7. The topological polar surface area (TPSA) is 69.7 Å². The number of hydrogen-bond donors (Lipinski definition) is 0. The van der Waals surface area contributed by atoms with Crippen LogP contribution in [0.25, 0.3) is 0 Å². The molecule has 2 aromatic carbocycles. The van der Waals surface area contributed by atoms with Crippen molar-refractivity contribution in [1.29, 1.82) is 0 Å². The smallest absolute Gasteiger partial charge is 0.311 e. The van der Waals surface area contributed by atoms with Crippen molar-refractivity contribution in [3.8, 4) is 17.2 Å². The van der Waals surface area contributed by atoms with Crippen molar-refractivity contribution >= 4 is 39.0 Å². The molecule has 8 heteroatoms. The minimum absolute atomic E-state index is 0.0817. The highest BCUT2D eigenvalue weighted by Crippen LogP contribution is 2.36. The van der Waals surface area contributed by atoms with Gasteiger partial charge in [-0.2, -0.15) is 0 Å². The van der Waals surface area contributed by atoms with Crippen LogP contribution in [0.5, 0.6) is 17.2 Å². The van der Waals surface area contributed by atoms with Crippen LogP contribution in [-0.4, -0.2) is 20.6 Å². The van der Waals surface area contributed by atoms with Crippen molar-refractivity contribution in [1.82, 2.24) is 0 Å². The zero-order valence-corrected chi connectivity index (χ0v) is 15.9. The van der Waals surface area contributed by atoms with Gasteiger partial charge in [0.1, 0.15) is 17.2 Å². The summed E-state index contributed by atoms with van der Waals surface area (Å²) in [4.78, 5) is 11.7. The number of carbonyl (C=O) groups excluding carboxylic acids is 1. The third kappa shape index (κ3) is 5.36. The second kappa shape index (κ2) is 8.08. The largest absolute Gasteiger partial charge is 0.454 e. The van der Waals surface area contributed by atoms with Crippen LogP contribution in [0.1, 0.15) is 19.8 Å². The molecule has 0 N–H and O–H groups in total. The fourth-order valence-corrected chi connectivity index (χ4v) is 3.01. The third-order valence-electron chi connectivity index (χ3n) is 3.14. The zero-order chi connectivity index (χ0) is 18.6. The molecule has 0 bridgehead atoms. The SMILES string of the molecule is CCCC(=O)Oc1ccc(Cl)c(Oc2ccc(S(C)(=O)=O)cc2Cl)c1. The Morgan fingerprint density at radius 2 is 1.76 bits per heavy atom. The Bertz CT molecular complexity index is 894. The molecule has 2 aromatic rings. The van der Waals surface area contributed by atoms with Crippen molar-refractivity contribution in [2.24, 2.45) is 0 Å². The van der Waals surface area contributed by atoms with E-state index in [0.717, 1.165) is 6.26 Å². The minimum Gasteiger partial charge on any atom is -0.454 e. The average molecular weight is 403 g/mol. The summed E-state index contributed by atoms with van der Waals surface area (Å²) in [5.41, 5.74) is 0. The summed E-state index contributed by atoms with van der Waals surface area (Å²) in [5.74, 6) is 0.401. The fraction of sp³-hybridized carbons (Fsp3) is 0.235. The van der Waals surface area contributed by atoms with Gasteiger partial charge in [-0.25, -0.2) is 8.42 Å². The van der Waals surface area contributed by atoms with E-state index >= 15 is 0 Å². The van der Waals surface area contributed by atoms with Crippen molar-refractivity contribution in [2.45, 2.75) is 24.7 Å². The van der Waals surface area contributed by atoms with Crippen LogP contribution in [0, 0.1) is 0 Å². The molecule has 0 amide bonds. The fourth-order valence-electron chi connectivity index (χ4n) is 1.93. The molecule has 25 heavy (non-hydrogen) atoms. The molecule has 5 nitrogen and oxygen atoms in total. The van der Waals surface area contributed by atoms with E-state index in [1.807, 2.05) is 6.92 Å². The van der Waals surface area contributed by atoms with Crippen LogP contribution in [0.2, 0.25) is 10.0 Å². The van der Waals surface area contributed by atoms with Gasteiger partial charge in [-0.1, -0.05) is 30.1 Å². The molecule has 0 saturated carbocycles. The second-order valence-corrected chi connectivity index (χ2v) is 8.11. The van der Waals surface area contributed by atoms with Crippen molar-refractivity contribution in [3.05, 3.63) is 46.4 Å². The van der Waals surface area contributed by atoms with E-state index in [-0.39, 0.29) is 27.4 Å². The first kappa shape index (κ1) is 19.6. The van der Waals surface area contributed by atoms with Gasteiger partial charge in [0, 0.05) is 18.7 Å². The standard InChI is InChI=1S/C17H16Cl2O5S/c1-3-4-17(20)23-11-5-7-13(18)16(9-11)24-15-8-6-12(10-14(15)19)25(2,21)22/h5-10H,3-4H2,1-2H3. The normalized spacial score (nSPS) is 11.2. The van der Waals surface area contributed by atoms with Crippen LogP contribution in [-0.2, 0) is 14.6 Å². The molecule has 0 aliphatic rings. The van der Waals surface area contributed by atoms with Gasteiger partial charge in [-0.05, 0) is 36.8 Å². The quantitative estimate of drug-likeness (QED) is 0.507. The van der Waals surface area contributed by atoms with Crippen molar-refractivity contribution < 1.29 is 22.7 Å². The molecular weight excluding hydrogens is 387 g/mol. The third-order valence-corrected chi connectivity index (χ3v) is 4.86. The molecule has 0 spiro atoms. The zero-order valence-electron chi connectivity index (χ0n) is 13.6. The Labute approximate surface area is 156 Å². The van der Waals surface area contributed by atoms with Gasteiger partial charge in [0.05, 0.1) is 14.9 Å². The van der Waals surface area contributed by atoms with Crippen LogP contribution in [0.15, 0.2) is 41.3 Å². The summed E-state index contributed by atoms with van der Waals surface area (Å²) < 4.78 is 33.9. The molecular formula is C17H16Cl2O5S. The second-order valence-electron chi connectivity index (χ2n) is 5.28. The number of ether oxygens (including phenoxy) is 2. The van der Waals surface area contributed by atoms with E-state index in [0.29, 0.717) is 23.6 Å². The highest BCUT2D eigenvalue weighted by atomic mass is 35.5. The molecule has 0 aromatic heterocycles. The highest BCUT2D eigenvalue weighted by molar-refractivity contribution is 7.90. The van der Waals surface area contributed by atoms with Gasteiger partial charge >= 0.3 is 5.97 Å². The number of rotatable bonds is 6. The number of benzene rings is 2. The van der Waals surface area contributed by atoms with E-state index in [9.17, 15) is 13.2 Å². The molecule has 0 atom stereocenters. The predicted octanol–water partition coefficient (Wildman–Crippen LogP) is 4.89. The Morgan fingerprint density at radius 1 is 1.04 bits per heavy atom. The molecule has 0 aliphatic carbocycles. The summed E-state index contributed by atoms with van der Waals surface area (Å²) >= 11 is 12.2. The van der Waals surface area contributed by atoms with Gasteiger partial charge in [-0.15, -0.1) is 0 Å². The number of halogens is 2. The van der Waals surface area contributed by atoms with Gasteiger partial charge in [-0.3, -0.25) is 4.79 Å². The molecule has 0 heterocycles. The Balaban J connectivity index is 2.26. The Hall–Kier alpha value is -1.76. The average Bonchev–Trinajstić information content (AvgIpc) is 2.51. The van der Waals surface area contributed by atoms with Crippen LogP contribution in [0.4, 0.5) is 0 Å². The van der Waals surface area contributed by atoms with Crippen LogP contribution in [0.3, 0.4) is 0 Å². The number of sulfone groups is 1. The van der Waals surface area contributed by atoms with Gasteiger partial charge < -0.3 is 9.47 Å². The van der Waals surface area contributed by atoms with Crippen LogP contribution >= 0.6 is 23.2 Å². The van der Waals surface area contributed by atoms with Crippen molar-refractivity contribution in [2.75, 3.05) is 6.26 Å². The lowest BCUT2D eigenvalue weighted by Crippen LogP contribution is -2.06. The van der Waals surface area contributed by atoms with Crippen molar-refractivity contribution in [3.63, 3.8) is 0 Å². The molecule has 0 fully saturated rings. The number of esters is 1. The molecule has 134 valence electrons. The molecule has 0 radical (unpaired) electrons. The van der Waals surface area contributed by atoms with E-state index in [1.165, 1.54) is 30.3 Å². The predicted molar refractivity (Wildman–Crippen MR) is 96.6 cm³/mol. The first-order valence-electron chi connectivity index (χ1n) is 7.38. The summed E-state index contributed by atoms with van der Waals surface area (Å²) in [5, 5.41) is 0.408. The van der Waals surface area contributed by atoms with E-state index in [4.69, 9.17) is 32.7 Å². The van der Waals surface area contributed by atoms with Gasteiger partial charge in [0.15, 0.2) is 9.84 Å². The molecule has 0 saturated heterocycles. The van der Waals surface area contributed by atoms with E-state index < -0.39 is 9.84 Å². The molecule has 0 aliphatic heterocycles. The maximum Gasteiger partial charge on any atom is 0.311 e. The Morgan fingerprint density at radius 3 is 2.36 bits per heavy atom. The summed E-state index contributed by atoms with van der Waals surface area (Å²) in [6, 6.07) is 8.67. The molecule has 0 unspecified atom stereocenters. The van der Waals surface area contributed by atoms with E-state index in [1.54, 1.807) is 6.07 Å². The van der Waals surface area contributed by atoms with E-state index in [2.05, 4.69) is 0 Å². The summed E-state index contributed by atoms with van der Waals surface area (Å²) in [7, 11) is -3.37. The van der Waals surface area contributed by atoms with Gasteiger partial charge in [0.25, 0.3) is 0 Å². The summed E-state index contributed by atoms with van der Waals surface area (Å²) in [6.45, 7) is 1.87. The van der Waals surface area contributed by atoms with Crippen LogP contribution < -0.4 is 9.47 Å². The lowest BCUT2D eigenvalue weighted by Gasteiger charge is -2.12. The lowest BCUT2D eigenvalue weighted by atomic mass is 10.3. The first-order valence-corrected chi connectivity index (χ1v) is 10.0.